The predicted octanol–water partition coefficient (Wildman–Crippen LogP) is 2.91. The van der Waals surface area contributed by atoms with Crippen LogP contribution in [0.15, 0.2) is 42.5 Å². The van der Waals surface area contributed by atoms with Crippen molar-refractivity contribution in [3.63, 3.8) is 0 Å². The zero-order chi connectivity index (χ0) is 17.8. The molecule has 132 valence electrons. The number of anilines is 3. The minimum Gasteiger partial charge on any atom is -0.462 e. The summed E-state index contributed by atoms with van der Waals surface area (Å²) in [5.41, 5.74) is 8.71. The lowest BCUT2D eigenvalue weighted by Crippen LogP contribution is -2.47. The zero-order valence-electron chi connectivity index (χ0n) is 14.2. The van der Waals surface area contributed by atoms with Gasteiger partial charge in [-0.2, -0.15) is 0 Å². The first-order chi connectivity index (χ1) is 12.1. The van der Waals surface area contributed by atoms with E-state index in [4.69, 9.17) is 10.5 Å². The maximum atomic E-state index is 13.1. The van der Waals surface area contributed by atoms with Crippen LogP contribution in [-0.2, 0) is 4.74 Å². The van der Waals surface area contributed by atoms with E-state index in [1.165, 1.54) is 12.1 Å². The molecular formula is C19H22FN3O2. The Kier molecular flexibility index (Phi) is 5.07. The van der Waals surface area contributed by atoms with Crippen LogP contribution in [0.2, 0.25) is 0 Å². The van der Waals surface area contributed by atoms with E-state index in [1.807, 2.05) is 6.07 Å². The van der Waals surface area contributed by atoms with Crippen molar-refractivity contribution < 1.29 is 13.9 Å². The van der Waals surface area contributed by atoms with Gasteiger partial charge in [-0.25, -0.2) is 9.18 Å². The third kappa shape index (κ3) is 3.84. The first-order valence-corrected chi connectivity index (χ1v) is 8.40. The number of carbonyl (C=O) groups excluding carboxylic acids is 1. The third-order valence-corrected chi connectivity index (χ3v) is 4.33. The van der Waals surface area contributed by atoms with Gasteiger partial charge in [0.05, 0.1) is 17.9 Å². The van der Waals surface area contributed by atoms with E-state index in [-0.39, 0.29) is 11.8 Å². The summed E-state index contributed by atoms with van der Waals surface area (Å²) in [6.07, 6.45) is 0. The van der Waals surface area contributed by atoms with E-state index in [9.17, 15) is 9.18 Å². The Labute approximate surface area is 146 Å². The van der Waals surface area contributed by atoms with E-state index < -0.39 is 0 Å². The molecule has 0 unspecified atom stereocenters. The largest absolute Gasteiger partial charge is 0.462 e. The maximum absolute atomic E-state index is 13.1. The van der Waals surface area contributed by atoms with Crippen LogP contribution in [0.25, 0.3) is 0 Å². The molecule has 3 rings (SSSR count). The Morgan fingerprint density at radius 2 is 1.72 bits per heavy atom. The number of carbonyl (C=O) groups is 1. The highest BCUT2D eigenvalue weighted by atomic mass is 19.1. The summed E-state index contributed by atoms with van der Waals surface area (Å²) in [5.74, 6) is -0.589. The van der Waals surface area contributed by atoms with Gasteiger partial charge in [0.25, 0.3) is 0 Å². The molecule has 0 aromatic heterocycles. The number of ether oxygens (including phenoxy) is 1. The first kappa shape index (κ1) is 17.1. The number of hydrogen-bond acceptors (Lipinski definition) is 5. The topological polar surface area (TPSA) is 58.8 Å². The SMILES string of the molecule is CCOC(=O)c1cc(N)ccc1N1CCN(c2ccc(F)cc2)CC1. The Hall–Kier alpha value is -2.76. The molecule has 0 bridgehead atoms. The molecule has 1 fully saturated rings. The molecule has 0 saturated carbocycles. The zero-order valence-corrected chi connectivity index (χ0v) is 14.2. The van der Waals surface area contributed by atoms with Crippen LogP contribution in [0.4, 0.5) is 21.5 Å². The molecule has 25 heavy (non-hydrogen) atoms. The van der Waals surface area contributed by atoms with Crippen LogP contribution >= 0.6 is 0 Å². The number of nitrogens with zero attached hydrogens (tertiary/aromatic N) is 2. The van der Waals surface area contributed by atoms with Gasteiger partial charge in [-0.1, -0.05) is 0 Å². The van der Waals surface area contributed by atoms with Gasteiger partial charge >= 0.3 is 5.97 Å². The second-order valence-corrected chi connectivity index (χ2v) is 5.95. The summed E-state index contributed by atoms with van der Waals surface area (Å²) in [6.45, 7) is 5.20. The fraction of sp³-hybridized carbons (Fsp3) is 0.316. The van der Waals surface area contributed by atoms with Gasteiger partial charge in [-0.05, 0) is 49.4 Å². The van der Waals surface area contributed by atoms with Gasteiger partial charge in [0, 0.05) is 37.6 Å². The lowest BCUT2D eigenvalue weighted by molar-refractivity contribution is 0.0527. The van der Waals surface area contributed by atoms with Gasteiger partial charge in [-0.15, -0.1) is 0 Å². The van der Waals surface area contributed by atoms with Crippen LogP contribution in [0, 0.1) is 5.82 Å². The second kappa shape index (κ2) is 7.42. The smallest absolute Gasteiger partial charge is 0.340 e. The van der Waals surface area contributed by atoms with Gasteiger partial charge in [0.15, 0.2) is 0 Å². The normalized spacial score (nSPS) is 14.5. The Morgan fingerprint density at radius 1 is 1.08 bits per heavy atom. The number of esters is 1. The lowest BCUT2D eigenvalue weighted by Gasteiger charge is -2.38. The molecular weight excluding hydrogens is 321 g/mol. The Balaban J connectivity index is 1.74. The monoisotopic (exact) mass is 343 g/mol. The Bertz CT molecular complexity index is 741. The number of halogens is 1. The third-order valence-electron chi connectivity index (χ3n) is 4.33. The first-order valence-electron chi connectivity index (χ1n) is 8.40. The number of rotatable bonds is 4. The molecule has 1 aliphatic rings. The minimum absolute atomic E-state index is 0.233. The molecule has 2 N–H and O–H groups in total. The van der Waals surface area contributed by atoms with Crippen molar-refractivity contribution >= 4 is 23.0 Å². The number of benzene rings is 2. The van der Waals surface area contributed by atoms with Crippen LogP contribution in [-0.4, -0.2) is 38.8 Å². The summed E-state index contributed by atoms with van der Waals surface area (Å²) in [4.78, 5) is 16.6. The number of nitrogens with two attached hydrogens (primary N) is 1. The second-order valence-electron chi connectivity index (χ2n) is 5.95. The number of hydrogen-bond donors (Lipinski definition) is 1. The van der Waals surface area contributed by atoms with E-state index in [1.54, 1.807) is 31.2 Å². The molecule has 6 heteroatoms. The van der Waals surface area contributed by atoms with Crippen LogP contribution < -0.4 is 15.5 Å². The molecule has 0 aliphatic carbocycles. The van der Waals surface area contributed by atoms with E-state index in [0.717, 1.165) is 37.6 Å². The molecule has 2 aromatic carbocycles. The van der Waals surface area contributed by atoms with Crippen molar-refractivity contribution in [2.24, 2.45) is 0 Å². The molecule has 5 nitrogen and oxygen atoms in total. The van der Waals surface area contributed by atoms with Crippen molar-refractivity contribution in [3.05, 3.63) is 53.8 Å². The Morgan fingerprint density at radius 3 is 2.36 bits per heavy atom. The van der Waals surface area contributed by atoms with Crippen LogP contribution in [0.5, 0.6) is 0 Å². The van der Waals surface area contributed by atoms with E-state index >= 15 is 0 Å². The number of piperazine rings is 1. The molecule has 0 spiro atoms. The molecule has 1 heterocycles. The summed E-state index contributed by atoms with van der Waals surface area (Å²) in [6, 6.07) is 11.9. The average Bonchev–Trinajstić information content (AvgIpc) is 2.63. The van der Waals surface area contributed by atoms with Crippen LogP contribution in [0.1, 0.15) is 17.3 Å². The quantitative estimate of drug-likeness (QED) is 0.683. The lowest BCUT2D eigenvalue weighted by atomic mass is 10.1. The van der Waals surface area contributed by atoms with Crippen molar-refractivity contribution in [3.8, 4) is 0 Å². The van der Waals surface area contributed by atoms with E-state index in [0.29, 0.717) is 17.9 Å². The maximum Gasteiger partial charge on any atom is 0.340 e. The fourth-order valence-corrected chi connectivity index (χ4v) is 3.06. The van der Waals surface area contributed by atoms with E-state index in [2.05, 4.69) is 9.80 Å². The average molecular weight is 343 g/mol. The molecule has 2 aromatic rings. The van der Waals surface area contributed by atoms with Gasteiger partial charge in [0.1, 0.15) is 5.82 Å². The highest BCUT2D eigenvalue weighted by Gasteiger charge is 2.22. The van der Waals surface area contributed by atoms with Crippen molar-refractivity contribution in [2.45, 2.75) is 6.92 Å². The summed E-state index contributed by atoms with van der Waals surface area (Å²) < 4.78 is 18.2. The fourth-order valence-electron chi connectivity index (χ4n) is 3.06. The highest BCUT2D eigenvalue weighted by Crippen LogP contribution is 2.26. The van der Waals surface area contributed by atoms with Gasteiger partial charge in [-0.3, -0.25) is 0 Å². The molecule has 1 saturated heterocycles. The summed E-state index contributed by atoms with van der Waals surface area (Å²) in [5, 5.41) is 0. The number of nitrogen functional groups attached to an aromatic ring is 1. The van der Waals surface area contributed by atoms with Crippen molar-refractivity contribution in [2.75, 3.05) is 48.3 Å². The van der Waals surface area contributed by atoms with Crippen molar-refractivity contribution in [1.82, 2.24) is 0 Å². The van der Waals surface area contributed by atoms with Crippen molar-refractivity contribution in [1.29, 1.82) is 0 Å². The molecule has 0 atom stereocenters. The van der Waals surface area contributed by atoms with Crippen LogP contribution in [0.3, 0.4) is 0 Å². The summed E-state index contributed by atoms with van der Waals surface area (Å²) in [7, 11) is 0. The van der Waals surface area contributed by atoms with Gasteiger partial charge < -0.3 is 20.3 Å². The standard InChI is InChI=1S/C19H22FN3O2/c1-2-25-19(24)17-13-15(21)5-8-18(17)23-11-9-22(10-12-23)16-6-3-14(20)4-7-16/h3-8,13H,2,9-12,21H2,1H3. The minimum atomic E-state index is -0.356. The summed E-state index contributed by atoms with van der Waals surface area (Å²) >= 11 is 0. The predicted molar refractivity (Wildman–Crippen MR) is 97.6 cm³/mol. The van der Waals surface area contributed by atoms with Gasteiger partial charge in [0.2, 0.25) is 0 Å². The molecule has 0 amide bonds. The molecule has 0 radical (unpaired) electrons. The highest BCUT2D eigenvalue weighted by molar-refractivity contribution is 5.97. The molecule has 1 aliphatic heterocycles.